The molecule has 0 atom stereocenters. The molecule has 0 amide bonds. The van der Waals surface area contributed by atoms with E-state index in [1.165, 1.54) is 18.2 Å². The molecule has 0 saturated carbocycles. The van der Waals surface area contributed by atoms with Gasteiger partial charge in [0.1, 0.15) is 5.75 Å². The average Bonchev–Trinajstić information content (AvgIpc) is 2.29. The molecule has 0 heterocycles. The summed E-state index contributed by atoms with van der Waals surface area (Å²) in [5.41, 5.74) is 0.429. The van der Waals surface area contributed by atoms with Crippen molar-refractivity contribution in [1.82, 2.24) is 0 Å². The normalized spacial score (nSPS) is 11.0. The molecule has 0 bridgehead atoms. The Labute approximate surface area is 110 Å². The van der Waals surface area contributed by atoms with Gasteiger partial charge in [0, 0.05) is 17.3 Å². The summed E-state index contributed by atoms with van der Waals surface area (Å²) < 4.78 is 53.1. The molecule has 98 valence electrons. The Morgan fingerprint density at radius 2 is 2.06 bits per heavy atom. The number of rotatable bonds is 4. The maximum absolute atomic E-state index is 12.7. The molecule has 1 aromatic carbocycles. The van der Waals surface area contributed by atoms with E-state index in [2.05, 4.69) is 32.5 Å². The molecule has 1 aromatic rings. The smallest absolute Gasteiger partial charge is 0.428 e. The van der Waals surface area contributed by atoms with Crippen molar-refractivity contribution >= 4 is 15.9 Å². The first-order valence-corrected chi connectivity index (χ1v) is 6.07. The van der Waals surface area contributed by atoms with Crippen LogP contribution in [0.15, 0.2) is 24.3 Å². The molecule has 0 saturated heterocycles. The van der Waals surface area contributed by atoms with Gasteiger partial charge in [0.05, 0.1) is 0 Å². The predicted molar refractivity (Wildman–Crippen MR) is 63.3 cm³/mol. The van der Waals surface area contributed by atoms with Gasteiger partial charge >= 0.3 is 12.5 Å². The van der Waals surface area contributed by atoms with E-state index in [1.54, 1.807) is 6.07 Å². The van der Waals surface area contributed by atoms with Gasteiger partial charge in [0.2, 0.25) is 0 Å². The van der Waals surface area contributed by atoms with Crippen LogP contribution in [-0.2, 0) is 0 Å². The van der Waals surface area contributed by atoms with E-state index in [1.807, 2.05) is 0 Å². The number of benzene rings is 1. The average molecular weight is 325 g/mol. The largest absolute Gasteiger partial charge is 0.461 e. The van der Waals surface area contributed by atoms with Crippen molar-refractivity contribution in [1.29, 1.82) is 0 Å². The van der Waals surface area contributed by atoms with Crippen molar-refractivity contribution in [2.45, 2.75) is 19.0 Å². The van der Waals surface area contributed by atoms with E-state index in [-0.39, 0.29) is 5.75 Å². The standard InChI is InChI=1S/C12H9BrF4O/c13-7-2-1-4-9-5-3-6-10(8-9)18-12(16,17)11(14)15/h3,5-6,8,11H,2,7H2. The number of alkyl halides is 5. The van der Waals surface area contributed by atoms with Gasteiger partial charge in [-0.2, -0.15) is 17.6 Å². The monoisotopic (exact) mass is 324 g/mol. The maximum atomic E-state index is 12.7. The van der Waals surface area contributed by atoms with E-state index in [9.17, 15) is 17.6 Å². The minimum Gasteiger partial charge on any atom is -0.428 e. The summed E-state index contributed by atoms with van der Waals surface area (Å²) in [4.78, 5) is 0. The second-order valence-electron chi connectivity index (χ2n) is 3.23. The summed E-state index contributed by atoms with van der Waals surface area (Å²) in [7, 11) is 0. The van der Waals surface area contributed by atoms with E-state index in [0.717, 1.165) is 0 Å². The van der Waals surface area contributed by atoms with Gasteiger partial charge in [-0.1, -0.05) is 33.8 Å². The molecule has 18 heavy (non-hydrogen) atoms. The summed E-state index contributed by atoms with van der Waals surface area (Å²) in [6.07, 6.45) is -7.78. The Morgan fingerprint density at radius 1 is 1.33 bits per heavy atom. The maximum Gasteiger partial charge on any atom is 0.461 e. The summed E-state index contributed by atoms with van der Waals surface area (Å²) in [5, 5.41) is 0.694. The third-order valence-electron chi connectivity index (χ3n) is 1.79. The molecule has 0 fully saturated rings. The fourth-order valence-corrected chi connectivity index (χ4v) is 1.25. The molecule has 0 aliphatic rings. The fourth-order valence-electron chi connectivity index (χ4n) is 1.05. The van der Waals surface area contributed by atoms with Gasteiger partial charge in [-0.15, -0.1) is 0 Å². The van der Waals surface area contributed by atoms with Crippen LogP contribution in [0.1, 0.15) is 12.0 Å². The van der Waals surface area contributed by atoms with Crippen LogP contribution >= 0.6 is 15.9 Å². The lowest BCUT2D eigenvalue weighted by molar-refractivity contribution is -0.253. The van der Waals surface area contributed by atoms with Gasteiger partial charge in [-0.05, 0) is 18.2 Å². The van der Waals surface area contributed by atoms with Crippen LogP contribution in [0, 0.1) is 11.8 Å². The number of hydrogen-bond acceptors (Lipinski definition) is 1. The topological polar surface area (TPSA) is 9.23 Å². The van der Waals surface area contributed by atoms with Crippen LogP contribution < -0.4 is 4.74 Å². The Balaban J connectivity index is 2.81. The highest BCUT2D eigenvalue weighted by Crippen LogP contribution is 2.27. The third kappa shape index (κ3) is 4.57. The van der Waals surface area contributed by atoms with Gasteiger partial charge in [0.25, 0.3) is 0 Å². The molecule has 1 nitrogen and oxygen atoms in total. The Kier molecular flexibility index (Phi) is 5.48. The van der Waals surface area contributed by atoms with Crippen molar-refractivity contribution in [2.75, 3.05) is 5.33 Å². The van der Waals surface area contributed by atoms with Crippen LogP contribution in [0.5, 0.6) is 5.75 Å². The molecule has 0 spiro atoms. The second-order valence-corrected chi connectivity index (χ2v) is 4.03. The first-order valence-electron chi connectivity index (χ1n) is 4.95. The van der Waals surface area contributed by atoms with Crippen molar-refractivity contribution < 1.29 is 22.3 Å². The molecule has 0 aliphatic heterocycles. The van der Waals surface area contributed by atoms with Crippen molar-refractivity contribution in [3.05, 3.63) is 29.8 Å². The van der Waals surface area contributed by atoms with E-state index in [0.29, 0.717) is 17.3 Å². The number of hydrogen-bond donors (Lipinski definition) is 0. The molecular weight excluding hydrogens is 316 g/mol. The number of ether oxygens (including phenoxy) is 1. The highest BCUT2D eigenvalue weighted by molar-refractivity contribution is 9.09. The zero-order chi connectivity index (χ0) is 13.6. The van der Waals surface area contributed by atoms with E-state index < -0.39 is 12.5 Å². The lowest BCUT2D eigenvalue weighted by Crippen LogP contribution is -2.33. The van der Waals surface area contributed by atoms with E-state index in [4.69, 9.17) is 0 Å². The third-order valence-corrected chi connectivity index (χ3v) is 2.19. The molecule has 1 rings (SSSR count). The molecule has 0 unspecified atom stereocenters. The van der Waals surface area contributed by atoms with E-state index >= 15 is 0 Å². The molecule has 0 radical (unpaired) electrons. The zero-order valence-electron chi connectivity index (χ0n) is 9.10. The Morgan fingerprint density at radius 3 is 2.67 bits per heavy atom. The molecular formula is C12H9BrF4O. The van der Waals surface area contributed by atoms with Gasteiger partial charge in [-0.25, -0.2) is 0 Å². The first kappa shape index (κ1) is 14.8. The number of halogens is 5. The lowest BCUT2D eigenvalue weighted by Gasteiger charge is -2.16. The fraction of sp³-hybridized carbons (Fsp3) is 0.333. The van der Waals surface area contributed by atoms with Crippen LogP contribution in [-0.4, -0.2) is 17.9 Å². The summed E-state index contributed by atoms with van der Waals surface area (Å²) in [6, 6.07) is 5.35. The molecule has 0 N–H and O–H groups in total. The molecule has 0 aromatic heterocycles. The molecule has 6 heteroatoms. The highest BCUT2D eigenvalue weighted by atomic mass is 79.9. The van der Waals surface area contributed by atoms with Crippen molar-refractivity contribution in [3.8, 4) is 17.6 Å². The highest BCUT2D eigenvalue weighted by Gasteiger charge is 2.43. The Hall–Kier alpha value is -1.22. The van der Waals surface area contributed by atoms with Crippen LogP contribution in [0.2, 0.25) is 0 Å². The quantitative estimate of drug-likeness (QED) is 0.461. The molecule has 0 aliphatic carbocycles. The van der Waals surface area contributed by atoms with Crippen molar-refractivity contribution in [2.24, 2.45) is 0 Å². The SMILES string of the molecule is FC(F)C(F)(F)Oc1cccc(C#CCCBr)c1. The summed E-state index contributed by atoms with van der Waals surface area (Å²) in [5.74, 6) is 5.14. The Bertz CT molecular complexity index is 451. The van der Waals surface area contributed by atoms with Crippen molar-refractivity contribution in [3.63, 3.8) is 0 Å². The second kappa shape index (κ2) is 6.64. The summed E-state index contributed by atoms with van der Waals surface area (Å²) in [6.45, 7) is 0. The summed E-state index contributed by atoms with van der Waals surface area (Å²) >= 11 is 3.18. The lowest BCUT2D eigenvalue weighted by atomic mass is 10.2. The van der Waals surface area contributed by atoms with Crippen LogP contribution in [0.4, 0.5) is 17.6 Å². The first-order chi connectivity index (χ1) is 8.45. The zero-order valence-corrected chi connectivity index (χ0v) is 10.7. The van der Waals surface area contributed by atoms with Gasteiger partial charge in [-0.3, -0.25) is 0 Å². The minimum atomic E-state index is -4.50. The van der Waals surface area contributed by atoms with Crippen LogP contribution in [0.3, 0.4) is 0 Å². The van der Waals surface area contributed by atoms with Gasteiger partial charge < -0.3 is 4.74 Å². The predicted octanol–water partition coefficient (Wildman–Crippen LogP) is 4.06. The van der Waals surface area contributed by atoms with Gasteiger partial charge in [0.15, 0.2) is 0 Å². The minimum absolute atomic E-state index is 0.342. The van der Waals surface area contributed by atoms with Crippen LogP contribution in [0.25, 0.3) is 0 Å².